The summed E-state index contributed by atoms with van der Waals surface area (Å²) in [6.45, 7) is 0. The number of hydrazine groups is 1. The van der Waals surface area contributed by atoms with Crippen LogP contribution < -0.4 is 11.3 Å². The lowest BCUT2D eigenvalue weighted by molar-refractivity contribution is -0.184. The van der Waals surface area contributed by atoms with Crippen LogP contribution in [-0.4, -0.2) is 12.2 Å². The van der Waals surface area contributed by atoms with Gasteiger partial charge in [-0.05, 0) is 75.0 Å². The van der Waals surface area contributed by atoms with Gasteiger partial charge in [-0.3, -0.25) is 11.3 Å². The highest BCUT2D eigenvalue weighted by atomic mass is 19.4. The van der Waals surface area contributed by atoms with E-state index in [1.807, 2.05) is 0 Å². The minimum Gasteiger partial charge on any atom is -0.271 e. The molecule has 3 aliphatic carbocycles. The second-order valence-electron chi connectivity index (χ2n) is 7.60. The lowest BCUT2D eigenvalue weighted by atomic mass is 9.74. The Kier molecular flexibility index (Phi) is 4.51. The predicted octanol–water partition coefficient (Wildman–Crippen LogP) is 4.01. The minimum atomic E-state index is -4.01. The first kappa shape index (κ1) is 15.6. The third kappa shape index (κ3) is 3.39. The molecule has 0 aromatic heterocycles. The molecular weight excluding hydrogens is 277 g/mol. The Morgan fingerprint density at radius 2 is 1.71 bits per heavy atom. The van der Waals surface area contributed by atoms with E-state index in [-0.39, 0.29) is 18.9 Å². The molecule has 3 rings (SSSR count). The summed E-state index contributed by atoms with van der Waals surface area (Å²) in [5.41, 5.74) is 2.93. The molecule has 0 radical (unpaired) electrons. The zero-order valence-electron chi connectivity index (χ0n) is 12.5. The van der Waals surface area contributed by atoms with E-state index in [1.165, 1.54) is 25.7 Å². The Morgan fingerprint density at radius 3 is 2.19 bits per heavy atom. The number of alkyl halides is 3. The average Bonchev–Trinajstić information content (AvgIpc) is 3.06. The Hall–Kier alpha value is -0.290. The molecule has 3 N–H and O–H groups in total. The molecule has 4 atom stereocenters. The van der Waals surface area contributed by atoms with Gasteiger partial charge in [-0.1, -0.05) is 6.42 Å². The second kappa shape index (κ2) is 6.07. The molecule has 3 saturated carbocycles. The molecule has 5 heteroatoms. The summed E-state index contributed by atoms with van der Waals surface area (Å²) < 4.78 is 38.2. The van der Waals surface area contributed by atoms with Crippen molar-refractivity contribution < 1.29 is 13.2 Å². The van der Waals surface area contributed by atoms with Crippen molar-refractivity contribution in [1.82, 2.24) is 5.43 Å². The van der Waals surface area contributed by atoms with Crippen LogP contribution >= 0.6 is 0 Å². The Bertz CT molecular complexity index is 350. The molecule has 2 nitrogen and oxygen atoms in total. The van der Waals surface area contributed by atoms with E-state index < -0.39 is 12.1 Å². The van der Waals surface area contributed by atoms with Crippen molar-refractivity contribution in [2.45, 2.75) is 70.0 Å². The van der Waals surface area contributed by atoms with Gasteiger partial charge in [0.2, 0.25) is 0 Å². The van der Waals surface area contributed by atoms with Crippen LogP contribution in [0.5, 0.6) is 0 Å². The zero-order valence-corrected chi connectivity index (χ0v) is 12.5. The Labute approximate surface area is 125 Å². The monoisotopic (exact) mass is 304 g/mol. The SMILES string of the molecule is NNC(CC1CC2CCC1C2)C1CCC(C(F)(F)F)CC1. The van der Waals surface area contributed by atoms with Crippen LogP contribution in [0.25, 0.3) is 0 Å². The summed E-state index contributed by atoms with van der Waals surface area (Å²) in [7, 11) is 0. The molecule has 0 aliphatic heterocycles. The van der Waals surface area contributed by atoms with Gasteiger partial charge in [0, 0.05) is 6.04 Å². The molecule has 0 heterocycles. The fraction of sp³-hybridized carbons (Fsp3) is 1.00. The summed E-state index contributed by atoms with van der Waals surface area (Å²) in [5.74, 6) is 7.50. The molecular formula is C16H27F3N2. The van der Waals surface area contributed by atoms with Gasteiger partial charge in [0.15, 0.2) is 0 Å². The van der Waals surface area contributed by atoms with E-state index in [4.69, 9.17) is 5.84 Å². The molecule has 0 aromatic carbocycles. The summed E-state index contributed by atoms with van der Waals surface area (Å²) in [6, 6.07) is 0.212. The molecule has 3 aliphatic rings. The van der Waals surface area contributed by atoms with E-state index in [0.717, 1.165) is 24.2 Å². The molecule has 0 saturated heterocycles. The molecule has 122 valence electrons. The third-order valence-electron chi connectivity index (χ3n) is 6.46. The van der Waals surface area contributed by atoms with Crippen molar-refractivity contribution in [2.75, 3.05) is 0 Å². The zero-order chi connectivity index (χ0) is 15.0. The van der Waals surface area contributed by atoms with Crippen LogP contribution in [0.3, 0.4) is 0 Å². The van der Waals surface area contributed by atoms with Crippen molar-refractivity contribution in [1.29, 1.82) is 0 Å². The van der Waals surface area contributed by atoms with Gasteiger partial charge in [-0.15, -0.1) is 0 Å². The van der Waals surface area contributed by atoms with Crippen molar-refractivity contribution in [3.63, 3.8) is 0 Å². The molecule has 0 aromatic rings. The van der Waals surface area contributed by atoms with Crippen LogP contribution in [-0.2, 0) is 0 Å². The lowest BCUT2D eigenvalue weighted by Gasteiger charge is -2.36. The van der Waals surface area contributed by atoms with Crippen LogP contribution in [0.15, 0.2) is 0 Å². The summed E-state index contributed by atoms with van der Waals surface area (Å²) in [5, 5.41) is 0. The van der Waals surface area contributed by atoms with Crippen molar-refractivity contribution in [3.8, 4) is 0 Å². The predicted molar refractivity (Wildman–Crippen MR) is 76.2 cm³/mol. The largest absolute Gasteiger partial charge is 0.391 e. The number of nitrogens with two attached hydrogens (primary N) is 1. The van der Waals surface area contributed by atoms with Crippen molar-refractivity contribution in [2.24, 2.45) is 35.4 Å². The normalized spacial score (nSPS) is 41.4. The van der Waals surface area contributed by atoms with E-state index in [9.17, 15) is 13.2 Å². The smallest absolute Gasteiger partial charge is 0.271 e. The quantitative estimate of drug-likeness (QED) is 0.608. The first-order valence-corrected chi connectivity index (χ1v) is 8.50. The van der Waals surface area contributed by atoms with Crippen LogP contribution in [0, 0.1) is 29.6 Å². The van der Waals surface area contributed by atoms with Crippen molar-refractivity contribution in [3.05, 3.63) is 0 Å². The van der Waals surface area contributed by atoms with E-state index in [0.29, 0.717) is 18.8 Å². The van der Waals surface area contributed by atoms with Gasteiger partial charge in [-0.25, -0.2) is 0 Å². The maximum atomic E-state index is 12.7. The number of rotatable bonds is 4. The van der Waals surface area contributed by atoms with Crippen LogP contribution in [0.1, 0.15) is 57.8 Å². The molecule has 4 unspecified atom stereocenters. The first-order valence-electron chi connectivity index (χ1n) is 8.50. The molecule has 0 spiro atoms. The number of hydrogen-bond acceptors (Lipinski definition) is 2. The molecule has 21 heavy (non-hydrogen) atoms. The topological polar surface area (TPSA) is 38.0 Å². The van der Waals surface area contributed by atoms with Crippen LogP contribution in [0.4, 0.5) is 13.2 Å². The molecule has 3 fully saturated rings. The van der Waals surface area contributed by atoms with E-state index >= 15 is 0 Å². The number of fused-ring (bicyclic) bond motifs is 2. The third-order valence-corrected chi connectivity index (χ3v) is 6.46. The summed E-state index contributed by atoms with van der Waals surface area (Å²) >= 11 is 0. The van der Waals surface area contributed by atoms with Gasteiger partial charge in [0.1, 0.15) is 0 Å². The van der Waals surface area contributed by atoms with Crippen LogP contribution in [0.2, 0.25) is 0 Å². The highest BCUT2D eigenvalue weighted by Crippen LogP contribution is 2.51. The van der Waals surface area contributed by atoms with E-state index in [1.54, 1.807) is 0 Å². The van der Waals surface area contributed by atoms with Gasteiger partial charge < -0.3 is 0 Å². The average molecular weight is 304 g/mol. The number of nitrogens with one attached hydrogen (secondary N) is 1. The fourth-order valence-corrected chi connectivity index (χ4v) is 5.24. The highest BCUT2D eigenvalue weighted by molar-refractivity contribution is 4.93. The van der Waals surface area contributed by atoms with E-state index in [2.05, 4.69) is 5.43 Å². The highest BCUT2D eigenvalue weighted by Gasteiger charge is 2.44. The standard InChI is InChI=1S/C16H27F3N2/c17-16(18,19)14-5-3-11(4-6-14)15(21-20)9-13-8-10-1-2-12(13)7-10/h10-15,21H,1-9,20H2. The molecule has 2 bridgehead atoms. The maximum absolute atomic E-state index is 12.7. The number of hydrogen-bond donors (Lipinski definition) is 2. The minimum absolute atomic E-state index is 0.212. The number of halogens is 3. The lowest BCUT2D eigenvalue weighted by Crippen LogP contribution is -2.44. The molecule has 0 amide bonds. The second-order valence-corrected chi connectivity index (χ2v) is 7.60. The summed E-state index contributed by atoms with van der Waals surface area (Å²) in [4.78, 5) is 0. The van der Waals surface area contributed by atoms with Gasteiger partial charge in [0.05, 0.1) is 5.92 Å². The van der Waals surface area contributed by atoms with Gasteiger partial charge in [-0.2, -0.15) is 13.2 Å². The maximum Gasteiger partial charge on any atom is 0.391 e. The van der Waals surface area contributed by atoms with Gasteiger partial charge >= 0.3 is 6.18 Å². The Morgan fingerprint density at radius 1 is 1.00 bits per heavy atom. The van der Waals surface area contributed by atoms with Crippen molar-refractivity contribution >= 4 is 0 Å². The first-order chi connectivity index (χ1) is 9.97. The Balaban J connectivity index is 1.51. The van der Waals surface area contributed by atoms with Gasteiger partial charge in [0.25, 0.3) is 0 Å². The summed E-state index contributed by atoms with van der Waals surface area (Å²) in [6.07, 6.45) is 4.39. The fourth-order valence-electron chi connectivity index (χ4n) is 5.24.